The SMILES string of the molecule is O=C(O)C(=O)Nc1ccncc1Br. The van der Waals surface area contributed by atoms with Crippen molar-refractivity contribution in [2.45, 2.75) is 0 Å². The third-order valence-electron chi connectivity index (χ3n) is 1.21. The van der Waals surface area contributed by atoms with Gasteiger partial charge in [0.15, 0.2) is 0 Å². The Labute approximate surface area is 81.9 Å². The molecule has 0 unspecified atom stereocenters. The van der Waals surface area contributed by atoms with Crippen molar-refractivity contribution in [1.82, 2.24) is 4.98 Å². The number of hydrogen-bond acceptors (Lipinski definition) is 3. The second-order valence-electron chi connectivity index (χ2n) is 2.11. The molecule has 0 aromatic carbocycles. The zero-order valence-corrected chi connectivity index (χ0v) is 7.91. The molecular formula is C7H5BrN2O3. The number of carboxylic acid groups (broad SMARTS) is 1. The van der Waals surface area contributed by atoms with Gasteiger partial charge in [0, 0.05) is 12.4 Å². The highest BCUT2D eigenvalue weighted by molar-refractivity contribution is 9.10. The average Bonchev–Trinajstić information content (AvgIpc) is 2.08. The summed E-state index contributed by atoms with van der Waals surface area (Å²) in [5, 5.41) is 10.5. The predicted octanol–water partition coefficient (Wildman–Crippen LogP) is 0.867. The average molecular weight is 245 g/mol. The molecule has 2 N–H and O–H groups in total. The minimum Gasteiger partial charge on any atom is -0.474 e. The molecule has 0 saturated heterocycles. The van der Waals surface area contributed by atoms with Gasteiger partial charge in [-0.1, -0.05) is 0 Å². The molecule has 1 aromatic heterocycles. The van der Waals surface area contributed by atoms with Crippen LogP contribution < -0.4 is 5.32 Å². The summed E-state index contributed by atoms with van der Waals surface area (Å²) >= 11 is 3.10. The Hall–Kier alpha value is -1.43. The number of carboxylic acids is 1. The van der Waals surface area contributed by atoms with Crippen LogP contribution in [0.1, 0.15) is 0 Å². The van der Waals surface area contributed by atoms with Gasteiger partial charge in [-0.25, -0.2) is 4.79 Å². The van der Waals surface area contributed by atoms with Crippen LogP contribution in [0.25, 0.3) is 0 Å². The first-order valence-corrected chi connectivity index (χ1v) is 4.04. The number of anilines is 1. The van der Waals surface area contributed by atoms with Crippen LogP contribution in [0.5, 0.6) is 0 Å². The quantitative estimate of drug-likeness (QED) is 0.719. The molecule has 5 nitrogen and oxygen atoms in total. The minimum atomic E-state index is -1.52. The fourth-order valence-electron chi connectivity index (χ4n) is 0.652. The van der Waals surface area contributed by atoms with E-state index in [1.807, 2.05) is 0 Å². The van der Waals surface area contributed by atoms with E-state index in [1.54, 1.807) is 0 Å². The van der Waals surface area contributed by atoms with Gasteiger partial charge in [0.25, 0.3) is 0 Å². The van der Waals surface area contributed by atoms with Gasteiger partial charge in [-0.05, 0) is 22.0 Å². The van der Waals surface area contributed by atoms with Gasteiger partial charge in [0.05, 0.1) is 10.2 Å². The van der Waals surface area contributed by atoms with Crippen LogP contribution in [0.15, 0.2) is 22.9 Å². The van der Waals surface area contributed by atoms with Crippen molar-refractivity contribution < 1.29 is 14.7 Å². The summed E-state index contributed by atoms with van der Waals surface area (Å²) in [5.41, 5.74) is 0.377. The Morgan fingerprint density at radius 1 is 1.54 bits per heavy atom. The lowest BCUT2D eigenvalue weighted by atomic mass is 10.4. The fourth-order valence-corrected chi connectivity index (χ4v) is 1.00. The van der Waals surface area contributed by atoms with E-state index < -0.39 is 11.9 Å². The van der Waals surface area contributed by atoms with E-state index in [1.165, 1.54) is 18.5 Å². The van der Waals surface area contributed by atoms with Crippen LogP contribution in [-0.2, 0) is 9.59 Å². The molecule has 1 aromatic rings. The van der Waals surface area contributed by atoms with E-state index in [0.717, 1.165) is 0 Å². The molecule has 0 aliphatic heterocycles. The Morgan fingerprint density at radius 2 is 2.23 bits per heavy atom. The van der Waals surface area contributed by atoms with Crippen molar-refractivity contribution in [2.75, 3.05) is 5.32 Å². The van der Waals surface area contributed by atoms with Crippen LogP contribution in [0.2, 0.25) is 0 Å². The first-order chi connectivity index (χ1) is 6.11. The number of carbonyl (C=O) groups excluding carboxylic acids is 1. The smallest absolute Gasteiger partial charge is 0.394 e. The maximum Gasteiger partial charge on any atom is 0.394 e. The van der Waals surface area contributed by atoms with Crippen LogP contribution >= 0.6 is 15.9 Å². The minimum absolute atomic E-state index is 0.377. The maximum absolute atomic E-state index is 10.7. The first kappa shape index (κ1) is 9.66. The van der Waals surface area contributed by atoms with Crippen molar-refractivity contribution in [3.63, 3.8) is 0 Å². The number of pyridine rings is 1. The lowest BCUT2D eigenvalue weighted by Gasteiger charge is -2.02. The number of nitrogens with zero attached hydrogens (tertiary/aromatic N) is 1. The van der Waals surface area contributed by atoms with E-state index in [4.69, 9.17) is 5.11 Å². The molecule has 0 atom stereocenters. The largest absolute Gasteiger partial charge is 0.474 e. The Kier molecular flexibility index (Phi) is 2.97. The van der Waals surface area contributed by atoms with Gasteiger partial charge in [-0.15, -0.1) is 0 Å². The lowest BCUT2D eigenvalue weighted by molar-refractivity contribution is -0.147. The van der Waals surface area contributed by atoms with Crippen LogP contribution in [0.3, 0.4) is 0 Å². The number of carbonyl (C=O) groups is 2. The number of nitrogens with one attached hydrogen (secondary N) is 1. The molecule has 0 spiro atoms. The molecule has 0 aliphatic carbocycles. The summed E-state index contributed by atoms with van der Waals surface area (Å²) < 4.78 is 0.532. The second kappa shape index (κ2) is 3.99. The number of amides is 1. The van der Waals surface area contributed by atoms with Gasteiger partial charge in [-0.3, -0.25) is 9.78 Å². The van der Waals surface area contributed by atoms with Gasteiger partial charge < -0.3 is 10.4 Å². The molecule has 6 heteroatoms. The molecule has 1 amide bonds. The van der Waals surface area contributed by atoms with Gasteiger partial charge in [-0.2, -0.15) is 0 Å². The Morgan fingerprint density at radius 3 is 2.77 bits per heavy atom. The van der Waals surface area contributed by atoms with Gasteiger partial charge in [0.2, 0.25) is 0 Å². The van der Waals surface area contributed by atoms with E-state index in [9.17, 15) is 9.59 Å². The normalized spacial score (nSPS) is 9.31. The third-order valence-corrected chi connectivity index (χ3v) is 1.85. The summed E-state index contributed by atoms with van der Waals surface area (Å²) in [6.45, 7) is 0. The number of halogens is 1. The highest BCUT2D eigenvalue weighted by Gasteiger charge is 2.12. The van der Waals surface area contributed by atoms with Crippen molar-refractivity contribution in [3.8, 4) is 0 Å². The van der Waals surface area contributed by atoms with E-state index >= 15 is 0 Å². The van der Waals surface area contributed by atoms with Gasteiger partial charge in [0.1, 0.15) is 0 Å². The summed E-state index contributed by atoms with van der Waals surface area (Å²) in [5.74, 6) is -2.60. The van der Waals surface area contributed by atoms with E-state index in [0.29, 0.717) is 10.2 Å². The molecule has 0 bridgehead atoms. The number of hydrogen-bond donors (Lipinski definition) is 2. The highest BCUT2D eigenvalue weighted by Crippen LogP contribution is 2.19. The van der Waals surface area contributed by atoms with Crippen molar-refractivity contribution >= 4 is 33.5 Å². The van der Waals surface area contributed by atoms with Crippen molar-refractivity contribution in [2.24, 2.45) is 0 Å². The highest BCUT2D eigenvalue weighted by atomic mass is 79.9. The number of aliphatic carboxylic acids is 1. The molecule has 68 valence electrons. The Balaban J connectivity index is 2.81. The molecule has 0 radical (unpaired) electrons. The Bertz CT molecular complexity index is 353. The molecule has 0 aliphatic rings. The van der Waals surface area contributed by atoms with Crippen LogP contribution in [0, 0.1) is 0 Å². The number of aromatic nitrogens is 1. The fraction of sp³-hybridized carbons (Fsp3) is 0. The monoisotopic (exact) mass is 244 g/mol. The zero-order chi connectivity index (χ0) is 9.84. The third kappa shape index (κ3) is 2.51. The summed E-state index contributed by atoms with van der Waals surface area (Å²) in [7, 11) is 0. The molecule has 13 heavy (non-hydrogen) atoms. The van der Waals surface area contributed by atoms with E-state index in [2.05, 4.69) is 26.2 Å². The summed E-state index contributed by atoms with van der Waals surface area (Å²) in [6.07, 6.45) is 2.90. The summed E-state index contributed by atoms with van der Waals surface area (Å²) in [4.78, 5) is 24.6. The van der Waals surface area contributed by atoms with E-state index in [-0.39, 0.29) is 0 Å². The van der Waals surface area contributed by atoms with Crippen LogP contribution in [0.4, 0.5) is 5.69 Å². The molecule has 0 saturated carbocycles. The number of rotatable bonds is 1. The van der Waals surface area contributed by atoms with Crippen molar-refractivity contribution in [1.29, 1.82) is 0 Å². The molecule has 1 heterocycles. The maximum atomic E-state index is 10.7. The summed E-state index contributed by atoms with van der Waals surface area (Å²) in [6, 6.07) is 1.49. The zero-order valence-electron chi connectivity index (χ0n) is 6.32. The predicted molar refractivity (Wildman–Crippen MR) is 48.2 cm³/mol. The van der Waals surface area contributed by atoms with Crippen molar-refractivity contribution in [3.05, 3.63) is 22.9 Å². The first-order valence-electron chi connectivity index (χ1n) is 3.25. The molecule has 0 fully saturated rings. The lowest BCUT2D eigenvalue weighted by Crippen LogP contribution is -2.21. The standard InChI is InChI=1S/C7H5BrN2O3/c8-4-3-9-2-1-5(4)10-6(11)7(12)13/h1-3H,(H,12,13)(H,9,10,11). The molecule has 1 rings (SSSR count). The van der Waals surface area contributed by atoms with Gasteiger partial charge >= 0.3 is 11.9 Å². The topological polar surface area (TPSA) is 79.3 Å². The second-order valence-corrected chi connectivity index (χ2v) is 2.97. The van der Waals surface area contributed by atoms with Crippen LogP contribution in [-0.4, -0.2) is 22.0 Å². The molecular weight excluding hydrogens is 240 g/mol.